The maximum absolute atomic E-state index is 11.5. The van der Waals surface area contributed by atoms with Crippen molar-refractivity contribution in [3.05, 3.63) is 12.2 Å². The van der Waals surface area contributed by atoms with Gasteiger partial charge in [0, 0.05) is 32.3 Å². The molecule has 0 heterocycles. The Kier molecular flexibility index (Phi) is 32.3. The van der Waals surface area contributed by atoms with E-state index in [-0.39, 0.29) is 29.7 Å². The van der Waals surface area contributed by atoms with E-state index in [1.54, 1.807) is 14.1 Å². The first-order valence-electron chi connectivity index (χ1n) is 17.3. The van der Waals surface area contributed by atoms with Crippen LogP contribution >= 0.6 is 8.03 Å². The third-order valence-corrected chi connectivity index (χ3v) is 9.39. The highest BCUT2D eigenvalue weighted by atomic mass is 31.1. The molecule has 3 atom stereocenters. The molecule has 0 saturated carbocycles. The molecular weight excluding hydrogens is 565 g/mol. The summed E-state index contributed by atoms with van der Waals surface area (Å²) in [6, 6.07) is 0. The lowest BCUT2D eigenvalue weighted by Gasteiger charge is -2.32. The number of hydrogen-bond acceptors (Lipinski definition) is 7. The van der Waals surface area contributed by atoms with Gasteiger partial charge in [-0.25, -0.2) is 0 Å². The van der Waals surface area contributed by atoms with E-state index in [1.807, 2.05) is 6.92 Å². The summed E-state index contributed by atoms with van der Waals surface area (Å²) >= 11 is 0. The predicted molar refractivity (Wildman–Crippen MR) is 177 cm³/mol. The number of ketones is 1. The molecule has 43 heavy (non-hydrogen) atoms. The van der Waals surface area contributed by atoms with Gasteiger partial charge in [-0.1, -0.05) is 108 Å². The lowest BCUT2D eigenvalue weighted by molar-refractivity contribution is -0.903. The number of allylic oxidation sites excluding steroid dienone is 2. The molecule has 0 amide bonds. The molecule has 9 heteroatoms. The van der Waals surface area contributed by atoms with Crippen LogP contribution in [0.25, 0.3) is 0 Å². The van der Waals surface area contributed by atoms with Gasteiger partial charge >= 0.3 is 8.03 Å². The molecule has 256 valence electrons. The van der Waals surface area contributed by atoms with Crippen LogP contribution in [0.1, 0.15) is 155 Å². The summed E-state index contributed by atoms with van der Waals surface area (Å²) in [4.78, 5) is 22.6. The zero-order valence-corrected chi connectivity index (χ0v) is 29.2. The van der Waals surface area contributed by atoms with E-state index in [0.29, 0.717) is 19.4 Å². The maximum Gasteiger partial charge on any atom is 0.373 e. The maximum atomic E-state index is 11.5. The van der Waals surface area contributed by atoms with Crippen molar-refractivity contribution in [2.24, 2.45) is 0 Å². The van der Waals surface area contributed by atoms with Crippen molar-refractivity contribution >= 4 is 13.8 Å². The first kappa shape index (κ1) is 44.4. The Morgan fingerprint density at radius 1 is 0.721 bits per heavy atom. The summed E-state index contributed by atoms with van der Waals surface area (Å²) < 4.78 is 11.4. The summed E-state index contributed by atoms with van der Waals surface area (Å²) in [5, 5.41) is 35.7. The van der Waals surface area contributed by atoms with E-state index < -0.39 is 26.2 Å². The Bertz CT molecular complexity index is 673. The van der Waals surface area contributed by atoms with Crippen LogP contribution in [0, 0.1) is 0 Å². The van der Waals surface area contributed by atoms with Crippen molar-refractivity contribution in [2.75, 3.05) is 27.2 Å². The predicted octanol–water partition coefficient (Wildman–Crippen LogP) is 6.89. The number of aliphatic hydroxyl groups is 4. The van der Waals surface area contributed by atoms with Gasteiger partial charge in [-0.15, -0.1) is 0 Å². The molecule has 4 N–H and O–H groups in total. The van der Waals surface area contributed by atoms with E-state index >= 15 is 0 Å². The fraction of sp³-hybridized carbons (Fsp3) is 0.912. The molecule has 0 bridgehead atoms. The Balaban J connectivity index is 0. The Morgan fingerprint density at radius 2 is 1.19 bits per heavy atom. The fourth-order valence-corrected chi connectivity index (χ4v) is 6.19. The van der Waals surface area contributed by atoms with Crippen molar-refractivity contribution in [3.63, 3.8) is 0 Å². The monoisotopic (exact) mass is 634 g/mol. The molecule has 0 aliphatic rings. The van der Waals surface area contributed by atoms with E-state index in [0.717, 1.165) is 19.3 Å². The highest BCUT2D eigenvalue weighted by molar-refractivity contribution is 7.37. The molecular formula is C34H69NO7P+. The number of carbonyl (C=O) groups excluding carboxylic acids is 1. The smallest absolute Gasteiger partial charge is 0.373 e. The van der Waals surface area contributed by atoms with Crippen LogP contribution in [-0.4, -0.2) is 76.1 Å². The van der Waals surface area contributed by atoms with Gasteiger partial charge in [0.2, 0.25) is 0 Å². The summed E-state index contributed by atoms with van der Waals surface area (Å²) in [5.74, 6) is -0.557. The molecule has 0 spiro atoms. The van der Waals surface area contributed by atoms with Gasteiger partial charge < -0.3 is 25.3 Å². The van der Waals surface area contributed by atoms with Gasteiger partial charge in [0.05, 0.1) is 20.6 Å². The summed E-state index contributed by atoms with van der Waals surface area (Å²) in [7, 11) is 1.12. The quantitative estimate of drug-likeness (QED) is 0.0231. The second kappa shape index (κ2) is 31.3. The van der Waals surface area contributed by atoms with Gasteiger partial charge in [0.15, 0.2) is 12.1 Å². The molecule has 0 radical (unpaired) electrons. The molecule has 0 aromatic carbocycles. The molecule has 0 aliphatic carbocycles. The topological polar surface area (TPSA) is 138 Å². The van der Waals surface area contributed by atoms with Crippen LogP contribution in [0.15, 0.2) is 12.2 Å². The summed E-state index contributed by atoms with van der Waals surface area (Å²) in [6.07, 6.45) is 26.5. The van der Waals surface area contributed by atoms with Crippen molar-refractivity contribution in [2.45, 2.75) is 173 Å². The number of nitrogens with zero attached hydrogens (tertiary/aromatic N) is 1. The highest BCUT2D eigenvalue weighted by Crippen LogP contribution is 2.30. The van der Waals surface area contributed by atoms with Crippen molar-refractivity contribution in [1.82, 2.24) is 0 Å². The molecule has 0 aliphatic heterocycles. The number of quaternary nitrogens is 1. The standard InChI is InChI=1S/C25H48O3.C9H21NO4P/c1-2-3-4-5-6-7-8-9-10-11-12-13-14-15-16-17-18-19-20-21-24(27)25(28)22-23-26;1-4-5-8(15(13)14)10(2,3)7-6-9(11)12/h9-10,25-26,28H,2-8,11-23H2,1H3;8-9,11-12H,4-7H2,1-3H3/q;+1/b10-9-;. The average Bonchev–Trinajstić information content (AvgIpc) is 2.96. The summed E-state index contributed by atoms with van der Waals surface area (Å²) in [5.41, 5.74) is 0. The van der Waals surface area contributed by atoms with Crippen molar-refractivity contribution < 1.29 is 39.2 Å². The molecule has 0 aromatic heterocycles. The van der Waals surface area contributed by atoms with Crippen LogP contribution in [0.4, 0.5) is 0 Å². The van der Waals surface area contributed by atoms with Crippen LogP contribution in [-0.2, 0) is 9.36 Å². The third-order valence-electron chi connectivity index (χ3n) is 8.02. The zero-order chi connectivity index (χ0) is 32.8. The van der Waals surface area contributed by atoms with Crippen LogP contribution in [0.5, 0.6) is 0 Å². The molecule has 0 rings (SSSR count). The second-order valence-corrected chi connectivity index (χ2v) is 13.7. The lowest BCUT2D eigenvalue weighted by atomic mass is 10.0. The number of rotatable bonds is 29. The lowest BCUT2D eigenvalue weighted by Crippen LogP contribution is -2.49. The van der Waals surface area contributed by atoms with E-state index in [1.165, 1.54) is 96.3 Å². The zero-order valence-electron chi connectivity index (χ0n) is 28.3. The second-order valence-electron chi connectivity index (χ2n) is 12.6. The highest BCUT2D eigenvalue weighted by Gasteiger charge is 2.37. The van der Waals surface area contributed by atoms with E-state index in [9.17, 15) is 19.4 Å². The first-order valence-corrected chi connectivity index (χ1v) is 18.6. The number of Topliss-reactive ketones (excluding diaryl/α,β-unsaturated/α-hetero) is 1. The van der Waals surface area contributed by atoms with E-state index in [2.05, 4.69) is 19.1 Å². The Labute approximate surface area is 265 Å². The van der Waals surface area contributed by atoms with E-state index in [4.69, 9.17) is 15.3 Å². The fourth-order valence-electron chi connectivity index (χ4n) is 5.09. The SMILES string of the molecule is CCCC([P+](=O)[O-])[N+](C)(C)CCC(O)O.CCCCCCCC/C=C\CCCCCCCCCCCC(=O)C(O)CCO. The molecule has 3 unspecified atom stereocenters. The van der Waals surface area contributed by atoms with Gasteiger partial charge in [-0.05, 0) is 38.5 Å². The number of aliphatic hydroxyl groups excluding tert-OH is 3. The molecule has 8 nitrogen and oxygen atoms in total. The number of carbonyl (C=O) groups is 1. The average molecular weight is 635 g/mol. The molecule has 0 fully saturated rings. The molecule has 0 aromatic rings. The Morgan fingerprint density at radius 3 is 1.60 bits per heavy atom. The van der Waals surface area contributed by atoms with Crippen LogP contribution in [0.3, 0.4) is 0 Å². The van der Waals surface area contributed by atoms with Gasteiger partial charge in [-0.3, -0.25) is 9.28 Å². The van der Waals surface area contributed by atoms with Crippen LogP contribution < -0.4 is 4.89 Å². The number of hydrogen-bond donors (Lipinski definition) is 4. The Hall–Kier alpha value is -0.730. The minimum Gasteiger partial charge on any atom is -0.591 e. The van der Waals surface area contributed by atoms with Gasteiger partial charge in [-0.2, -0.15) is 0 Å². The minimum absolute atomic E-state index is 0.116. The van der Waals surface area contributed by atoms with Crippen molar-refractivity contribution in [3.8, 4) is 0 Å². The summed E-state index contributed by atoms with van der Waals surface area (Å²) in [6.45, 7) is 4.52. The minimum atomic E-state index is -2.48. The van der Waals surface area contributed by atoms with Crippen LogP contribution in [0.2, 0.25) is 0 Å². The van der Waals surface area contributed by atoms with Gasteiger partial charge in [0.1, 0.15) is 6.10 Å². The third kappa shape index (κ3) is 29.7. The largest absolute Gasteiger partial charge is 0.591 e. The van der Waals surface area contributed by atoms with Gasteiger partial charge in [0.25, 0.3) is 5.78 Å². The molecule has 0 saturated heterocycles. The van der Waals surface area contributed by atoms with Crippen molar-refractivity contribution in [1.29, 1.82) is 0 Å². The number of unbranched alkanes of at least 4 members (excludes halogenated alkanes) is 15. The first-order chi connectivity index (χ1) is 20.5. The normalized spacial score (nSPS) is 13.7.